The zero-order chi connectivity index (χ0) is 25.1. The van der Waals surface area contributed by atoms with Gasteiger partial charge in [-0.05, 0) is 24.3 Å². The van der Waals surface area contributed by atoms with Crippen molar-refractivity contribution in [3.63, 3.8) is 0 Å². The number of aromatic carboxylic acids is 2. The van der Waals surface area contributed by atoms with Crippen LogP contribution < -0.4 is 11.1 Å². The van der Waals surface area contributed by atoms with Gasteiger partial charge in [0.1, 0.15) is 16.3 Å². The quantitative estimate of drug-likeness (QED) is 0.299. The van der Waals surface area contributed by atoms with Gasteiger partial charge >= 0.3 is 17.9 Å². The highest BCUT2D eigenvalue weighted by atomic mass is 35.5. The lowest BCUT2D eigenvalue weighted by Crippen LogP contribution is -2.16. The highest BCUT2D eigenvalue weighted by molar-refractivity contribution is 6.34. The maximum Gasteiger partial charge on any atom is 0.341 e. The summed E-state index contributed by atoms with van der Waals surface area (Å²) in [5, 5.41) is 17.4. The van der Waals surface area contributed by atoms with Crippen LogP contribution in [0.3, 0.4) is 0 Å². The SMILES string of the molecule is COC(=O)c1cc(Cl)cnc1Cl.O=C(O)c1cc(Cl)c[nH]c1=O.O=C(O)c1ccc[nH]c1=O. The predicted molar refractivity (Wildman–Crippen MR) is 119 cm³/mol. The minimum absolute atomic E-state index is 0.0891. The molecule has 174 valence electrons. The number of aromatic amines is 2. The van der Waals surface area contributed by atoms with E-state index in [0.717, 1.165) is 6.07 Å². The van der Waals surface area contributed by atoms with Gasteiger partial charge in [-0.3, -0.25) is 9.59 Å². The van der Waals surface area contributed by atoms with Gasteiger partial charge in [0.15, 0.2) is 0 Å². The number of aromatic nitrogens is 3. The van der Waals surface area contributed by atoms with Crippen molar-refractivity contribution in [3.05, 3.63) is 95.5 Å². The van der Waals surface area contributed by atoms with Gasteiger partial charge in [-0.15, -0.1) is 0 Å². The summed E-state index contributed by atoms with van der Waals surface area (Å²) in [5.41, 5.74) is -1.64. The topological polar surface area (TPSA) is 180 Å². The number of carboxylic acid groups (broad SMARTS) is 2. The van der Waals surface area contributed by atoms with Crippen molar-refractivity contribution in [1.29, 1.82) is 0 Å². The highest BCUT2D eigenvalue weighted by Crippen LogP contribution is 2.17. The summed E-state index contributed by atoms with van der Waals surface area (Å²) in [6.45, 7) is 0. The van der Waals surface area contributed by atoms with Crippen molar-refractivity contribution in [1.82, 2.24) is 15.0 Å². The number of ether oxygens (including phenoxy) is 1. The summed E-state index contributed by atoms with van der Waals surface area (Å²) in [6.07, 6.45) is 3.97. The van der Waals surface area contributed by atoms with Crippen LogP contribution in [0.15, 0.2) is 52.4 Å². The summed E-state index contributed by atoms with van der Waals surface area (Å²) in [5.74, 6) is -3.04. The molecule has 4 N–H and O–H groups in total. The Hall–Kier alpha value is -3.67. The molecule has 3 rings (SSSR count). The molecule has 14 heteroatoms. The molecule has 0 aromatic carbocycles. The summed E-state index contributed by atoms with van der Waals surface area (Å²) in [4.78, 5) is 60.9. The summed E-state index contributed by atoms with van der Waals surface area (Å²) >= 11 is 16.6. The van der Waals surface area contributed by atoms with Crippen molar-refractivity contribution in [2.24, 2.45) is 0 Å². The Bertz CT molecular complexity index is 1270. The third-order valence-electron chi connectivity index (χ3n) is 3.36. The monoisotopic (exact) mass is 517 g/mol. The van der Waals surface area contributed by atoms with E-state index >= 15 is 0 Å². The van der Waals surface area contributed by atoms with Crippen LogP contribution in [0.2, 0.25) is 15.2 Å². The number of halogens is 3. The molecule has 0 radical (unpaired) electrons. The van der Waals surface area contributed by atoms with Crippen molar-refractivity contribution >= 4 is 52.7 Å². The van der Waals surface area contributed by atoms with Crippen LogP contribution in [-0.4, -0.2) is 50.2 Å². The van der Waals surface area contributed by atoms with Crippen molar-refractivity contribution in [2.45, 2.75) is 0 Å². The third-order valence-corrected chi connectivity index (χ3v) is 4.08. The number of carbonyl (C=O) groups excluding carboxylic acids is 1. The fourth-order valence-corrected chi connectivity index (χ4v) is 2.38. The second kappa shape index (κ2) is 13.0. The smallest absolute Gasteiger partial charge is 0.341 e. The highest BCUT2D eigenvalue weighted by Gasteiger charge is 2.11. The van der Waals surface area contributed by atoms with E-state index in [-0.39, 0.29) is 26.9 Å². The lowest BCUT2D eigenvalue weighted by atomic mass is 10.3. The largest absolute Gasteiger partial charge is 0.477 e. The molecule has 33 heavy (non-hydrogen) atoms. The van der Waals surface area contributed by atoms with E-state index < -0.39 is 29.0 Å². The summed E-state index contributed by atoms with van der Waals surface area (Å²) in [6, 6.07) is 5.22. The molecule has 3 aromatic rings. The van der Waals surface area contributed by atoms with Gasteiger partial charge in [-0.1, -0.05) is 34.8 Å². The molecular weight excluding hydrogens is 505 g/mol. The number of nitrogens with zero attached hydrogens (tertiary/aromatic N) is 1. The Kier molecular flexibility index (Phi) is 10.8. The maximum absolute atomic E-state index is 11.0. The third kappa shape index (κ3) is 8.77. The predicted octanol–water partition coefficient (Wildman–Crippen LogP) is 2.97. The van der Waals surface area contributed by atoms with E-state index in [1.165, 1.54) is 43.9 Å². The molecule has 0 aliphatic rings. The molecule has 0 atom stereocenters. The molecule has 0 amide bonds. The molecule has 0 aliphatic heterocycles. The molecule has 3 aromatic heterocycles. The molecule has 0 saturated heterocycles. The number of hydrogen-bond acceptors (Lipinski definition) is 7. The van der Waals surface area contributed by atoms with E-state index in [2.05, 4.69) is 19.7 Å². The standard InChI is InChI=1S/C7H5Cl2NO2.C6H4ClNO3.C6H5NO3/c1-12-7(11)5-2-4(8)3-10-6(5)9;7-3-1-4(6(10)11)5(9)8-2-3;8-5-4(6(9)10)2-1-3-7-5/h2-3H,1H3;1-2H,(H,8,9)(H,10,11);1-3H,(H,7,8)(H,9,10). The van der Waals surface area contributed by atoms with Crippen molar-refractivity contribution in [2.75, 3.05) is 7.11 Å². The molecule has 0 unspecified atom stereocenters. The second-order valence-corrected chi connectivity index (χ2v) is 6.80. The van der Waals surface area contributed by atoms with Gasteiger partial charge < -0.3 is 24.9 Å². The average Bonchev–Trinajstić information content (AvgIpc) is 2.77. The Morgan fingerprint density at radius 2 is 1.48 bits per heavy atom. The van der Waals surface area contributed by atoms with Gasteiger partial charge in [-0.25, -0.2) is 19.4 Å². The number of nitrogens with one attached hydrogen (secondary N) is 2. The van der Waals surface area contributed by atoms with E-state index in [1.54, 1.807) is 0 Å². The van der Waals surface area contributed by atoms with E-state index in [0.29, 0.717) is 5.02 Å². The second-order valence-electron chi connectivity index (χ2n) is 5.57. The van der Waals surface area contributed by atoms with Crippen molar-refractivity contribution < 1.29 is 29.3 Å². The van der Waals surface area contributed by atoms with E-state index in [9.17, 15) is 24.0 Å². The molecule has 0 spiro atoms. The van der Waals surface area contributed by atoms with Gasteiger partial charge in [-0.2, -0.15) is 0 Å². The molecule has 0 saturated carbocycles. The van der Waals surface area contributed by atoms with Gasteiger partial charge in [0, 0.05) is 18.6 Å². The van der Waals surface area contributed by atoms with E-state index in [1.807, 2.05) is 0 Å². The van der Waals surface area contributed by atoms with Crippen LogP contribution in [0.4, 0.5) is 0 Å². The lowest BCUT2D eigenvalue weighted by Gasteiger charge is -2.00. The summed E-state index contributed by atoms with van der Waals surface area (Å²) < 4.78 is 4.45. The first kappa shape index (κ1) is 27.4. The average molecular weight is 519 g/mol. The maximum atomic E-state index is 11.0. The van der Waals surface area contributed by atoms with Gasteiger partial charge in [0.2, 0.25) is 0 Å². The fourth-order valence-electron chi connectivity index (χ4n) is 1.88. The first-order chi connectivity index (χ1) is 15.5. The number of methoxy groups -OCH3 is 1. The lowest BCUT2D eigenvalue weighted by molar-refractivity contribution is 0.0598. The minimum Gasteiger partial charge on any atom is -0.477 e. The van der Waals surface area contributed by atoms with E-state index in [4.69, 9.17) is 45.0 Å². The zero-order valence-electron chi connectivity index (χ0n) is 16.5. The van der Waals surface area contributed by atoms with Crippen LogP contribution in [0.25, 0.3) is 0 Å². The Balaban J connectivity index is 0.000000249. The van der Waals surface area contributed by atoms with Crippen LogP contribution in [0.1, 0.15) is 31.1 Å². The number of carboxylic acids is 2. The fraction of sp³-hybridized carbons (Fsp3) is 0.0526. The molecule has 3 heterocycles. The number of hydrogen-bond donors (Lipinski definition) is 4. The number of rotatable bonds is 3. The first-order valence-electron chi connectivity index (χ1n) is 8.39. The van der Waals surface area contributed by atoms with Gasteiger partial charge in [0.25, 0.3) is 11.1 Å². The molecular formula is C19H14Cl3N3O8. The van der Waals surface area contributed by atoms with Crippen LogP contribution in [0.5, 0.6) is 0 Å². The zero-order valence-corrected chi connectivity index (χ0v) is 18.7. The molecule has 0 bridgehead atoms. The first-order valence-corrected chi connectivity index (χ1v) is 9.53. The summed E-state index contributed by atoms with van der Waals surface area (Å²) in [7, 11) is 1.26. The van der Waals surface area contributed by atoms with Crippen LogP contribution >= 0.6 is 34.8 Å². The Labute approximate surface area is 199 Å². The van der Waals surface area contributed by atoms with Crippen LogP contribution in [-0.2, 0) is 4.74 Å². The number of pyridine rings is 3. The minimum atomic E-state index is -1.28. The Morgan fingerprint density at radius 1 is 0.909 bits per heavy atom. The number of esters is 1. The molecule has 0 fully saturated rings. The van der Waals surface area contributed by atoms with Crippen molar-refractivity contribution in [3.8, 4) is 0 Å². The Morgan fingerprint density at radius 3 is 1.97 bits per heavy atom. The normalized spacial score (nSPS) is 9.45. The van der Waals surface area contributed by atoms with Gasteiger partial charge in [0.05, 0.1) is 22.7 Å². The molecule has 0 aliphatic carbocycles. The number of carbonyl (C=O) groups is 3. The number of H-pyrrole nitrogens is 2. The van der Waals surface area contributed by atoms with Crippen LogP contribution in [0, 0.1) is 0 Å². The molecule has 11 nitrogen and oxygen atoms in total.